The lowest BCUT2D eigenvalue weighted by atomic mass is 9.94. The Kier molecular flexibility index (Phi) is 4.88. The summed E-state index contributed by atoms with van der Waals surface area (Å²) in [7, 11) is 0. The minimum absolute atomic E-state index is 0.115. The van der Waals surface area contributed by atoms with Crippen LogP contribution in [0.1, 0.15) is 49.0 Å². The number of hydrogen-bond acceptors (Lipinski definition) is 3. The van der Waals surface area contributed by atoms with Crippen molar-refractivity contribution in [2.75, 3.05) is 6.61 Å². The molecule has 1 aromatic carbocycles. The Labute approximate surface area is 102 Å². The van der Waals surface area contributed by atoms with Gasteiger partial charge in [-0.25, -0.2) is 4.79 Å². The van der Waals surface area contributed by atoms with Gasteiger partial charge in [-0.2, -0.15) is 0 Å². The highest BCUT2D eigenvalue weighted by molar-refractivity contribution is 5.90. The first-order valence-corrected chi connectivity index (χ1v) is 5.89. The van der Waals surface area contributed by atoms with Gasteiger partial charge in [0, 0.05) is 12.3 Å². The van der Waals surface area contributed by atoms with Crippen molar-refractivity contribution in [1.82, 2.24) is 0 Å². The molecule has 0 spiro atoms. The van der Waals surface area contributed by atoms with Gasteiger partial charge in [0.1, 0.15) is 5.78 Å². The molecule has 17 heavy (non-hydrogen) atoms. The van der Waals surface area contributed by atoms with E-state index in [1.165, 1.54) is 0 Å². The van der Waals surface area contributed by atoms with Crippen molar-refractivity contribution >= 4 is 11.8 Å². The van der Waals surface area contributed by atoms with E-state index in [0.29, 0.717) is 18.6 Å². The van der Waals surface area contributed by atoms with E-state index in [9.17, 15) is 9.59 Å². The van der Waals surface area contributed by atoms with Crippen molar-refractivity contribution in [3.05, 3.63) is 35.4 Å². The van der Waals surface area contributed by atoms with Crippen LogP contribution in [0.2, 0.25) is 0 Å². The first kappa shape index (κ1) is 13.4. The van der Waals surface area contributed by atoms with Gasteiger partial charge in [0.05, 0.1) is 12.2 Å². The van der Waals surface area contributed by atoms with E-state index >= 15 is 0 Å². The van der Waals surface area contributed by atoms with E-state index in [1.54, 1.807) is 19.1 Å². The lowest BCUT2D eigenvalue weighted by molar-refractivity contribution is -0.119. The lowest BCUT2D eigenvalue weighted by Gasteiger charge is -2.10. The van der Waals surface area contributed by atoms with Crippen LogP contribution < -0.4 is 0 Å². The summed E-state index contributed by atoms with van der Waals surface area (Å²) in [5.41, 5.74) is 1.46. The van der Waals surface area contributed by atoms with E-state index in [-0.39, 0.29) is 17.7 Å². The van der Waals surface area contributed by atoms with E-state index in [2.05, 4.69) is 0 Å². The average molecular weight is 234 g/mol. The second-order valence-electron chi connectivity index (χ2n) is 3.88. The van der Waals surface area contributed by atoms with Crippen LogP contribution in [0.15, 0.2) is 24.3 Å². The number of ketones is 1. The zero-order chi connectivity index (χ0) is 12.8. The number of carbonyl (C=O) groups is 2. The molecule has 0 fully saturated rings. The third-order valence-electron chi connectivity index (χ3n) is 2.75. The molecule has 0 bridgehead atoms. The Morgan fingerprint density at radius 3 is 2.24 bits per heavy atom. The number of carbonyl (C=O) groups excluding carboxylic acids is 2. The first-order chi connectivity index (χ1) is 8.10. The molecule has 1 aromatic rings. The van der Waals surface area contributed by atoms with Crippen LogP contribution in [0.25, 0.3) is 0 Å². The Morgan fingerprint density at radius 2 is 1.76 bits per heavy atom. The van der Waals surface area contributed by atoms with Gasteiger partial charge in [-0.15, -0.1) is 0 Å². The molecule has 1 atom stereocenters. The maximum absolute atomic E-state index is 11.5. The van der Waals surface area contributed by atoms with Crippen molar-refractivity contribution in [2.24, 2.45) is 0 Å². The van der Waals surface area contributed by atoms with Gasteiger partial charge in [0.25, 0.3) is 0 Å². The molecule has 0 aliphatic heterocycles. The molecule has 0 saturated heterocycles. The molecule has 0 aromatic heterocycles. The summed E-state index contributed by atoms with van der Waals surface area (Å²) >= 11 is 0. The summed E-state index contributed by atoms with van der Waals surface area (Å²) in [6, 6.07) is 7.02. The van der Waals surface area contributed by atoms with Gasteiger partial charge >= 0.3 is 5.97 Å². The molecule has 0 heterocycles. The fourth-order valence-electron chi connectivity index (χ4n) is 1.61. The molecule has 0 amide bonds. The highest BCUT2D eigenvalue weighted by Gasteiger charge is 2.14. The van der Waals surface area contributed by atoms with Crippen LogP contribution >= 0.6 is 0 Å². The monoisotopic (exact) mass is 234 g/mol. The molecule has 0 aliphatic rings. The van der Waals surface area contributed by atoms with Crippen LogP contribution in [0, 0.1) is 0 Å². The Balaban J connectivity index is 2.81. The van der Waals surface area contributed by atoms with Crippen LogP contribution in [-0.2, 0) is 9.53 Å². The predicted octanol–water partition coefficient (Wildman–Crippen LogP) is 2.95. The van der Waals surface area contributed by atoms with Gasteiger partial charge in [-0.1, -0.05) is 26.0 Å². The smallest absolute Gasteiger partial charge is 0.338 e. The fraction of sp³-hybridized carbons (Fsp3) is 0.429. The Hall–Kier alpha value is -1.64. The zero-order valence-corrected chi connectivity index (χ0v) is 10.5. The summed E-state index contributed by atoms with van der Waals surface area (Å²) in [5, 5.41) is 0. The maximum atomic E-state index is 11.5. The highest BCUT2D eigenvalue weighted by atomic mass is 16.5. The van der Waals surface area contributed by atoms with Crippen LogP contribution in [-0.4, -0.2) is 18.4 Å². The summed E-state index contributed by atoms with van der Waals surface area (Å²) in [4.78, 5) is 23.0. The Bertz CT molecular complexity index is 392. The molecule has 0 saturated carbocycles. The molecule has 0 N–H and O–H groups in total. The first-order valence-electron chi connectivity index (χ1n) is 5.89. The van der Waals surface area contributed by atoms with Crippen molar-refractivity contribution in [3.8, 4) is 0 Å². The normalized spacial score (nSPS) is 11.9. The zero-order valence-electron chi connectivity index (χ0n) is 10.5. The summed E-state index contributed by atoms with van der Waals surface area (Å²) in [6.07, 6.45) is 0.529. The molecule has 0 aliphatic carbocycles. The lowest BCUT2D eigenvalue weighted by Crippen LogP contribution is -2.08. The quantitative estimate of drug-likeness (QED) is 0.736. The van der Waals surface area contributed by atoms with E-state index < -0.39 is 0 Å². The predicted molar refractivity (Wildman–Crippen MR) is 66.1 cm³/mol. The number of esters is 1. The van der Waals surface area contributed by atoms with Gasteiger partial charge in [-0.05, 0) is 24.6 Å². The second-order valence-corrected chi connectivity index (χ2v) is 3.88. The van der Waals surface area contributed by atoms with Crippen LogP contribution in [0.5, 0.6) is 0 Å². The molecule has 3 heteroatoms. The molecular weight excluding hydrogens is 216 g/mol. The summed E-state index contributed by atoms with van der Waals surface area (Å²) in [5.74, 6) is -0.237. The topological polar surface area (TPSA) is 43.4 Å². The number of Topliss-reactive ketones (excluding diaryl/α,β-unsaturated/α-hetero) is 1. The number of hydrogen-bond donors (Lipinski definition) is 0. The third kappa shape index (κ3) is 3.41. The van der Waals surface area contributed by atoms with Gasteiger partial charge in [0.15, 0.2) is 0 Å². The van der Waals surface area contributed by atoms with E-state index in [0.717, 1.165) is 5.56 Å². The molecular formula is C14H18O3. The van der Waals surface area contributed by atoms with E-state index in [4.69, 9.17) is 4.74 Å². The maximum Gasteiger partial charge on any atom is 0.338 e. The number of ether oxygens (including phenoxy) is 1. The molecule has 92 valence electrons. The molecule has 3 nitrogen and oxygen atoms in total. The van der Waals surface area contributed by atoms with E-state index in [1.807, 2.05) is 26.0 Å². The SMILES string of the molecule is CCOC(=O)c1ccc(C(C)C(=O)CC)cc1. The summed E-state index contributed by atoms with van der Waals surface area (Å²) in [6.45, 7) is 5.87. The van der Waals surface area contributed by atoms with Crippen molar-refractivity contribution in [2.45, 2.75) is 33.1 Å². The minimum atomic E-state index is -0.325. The van der Waals surface area contributed by atoms with Crippen molar-refractivity contribution in [3.63, 3.8) is 0 Å². The average Bonchev–Trinajstić information content (AvgIpc) is 2.37. The minimum Gasteiger partial charge on any atom is -0.462 e. The fourth-order valence-corrected chi connectivity index (χ4v) is 1.61. The number of rotatable bonds is 5. The summed E-state index contributed by atoms with van der Waals surface area (Å²) < 4.78 is 4.89. The van der Waals surface area contributed by atoms with Crippen LogP contribution in [0.4, 0.5) is 0 Å². The third-order valence-corrected chi connectivity index (χ3v) is 2.75. The van der Waals surface area contributed by atoms with Gasteiger partial charge < -0.3 is 4.74 Å². The molecule has 1 unspecified atom stereocenters. The van der Waals surface area contributed by atoms with Gasteiger partial charge in [0.2, 0.25) is 0 Å². The van der Waals surface area contributed by atoms with Crippen LogP contribution in [0.3, 0.4) is 0 Å². The highest BCUT2D eigenvalue weighted by Crippen LogP contribution is 2.18. The largest absolute Gasteiger partial charge is 0.462 e. The Morgan fingerprint density at radius 1 is 1.18 bits per heavy atom. The second kappa shape index (κ2) is 6.18. The number of benzene rings is 1. The molecule has 1 rings (SSSR count). The van der Waals surface area contributed by atoms with Crippen molar-refractivity contribution in [1.29, 1.82) is 0 Å². The standard InChI is InChI=1S/C14H18O3/c1-4-13(15)10(3)11-6-8-12(9-7-11)14(16)17-5-2/h6-10H,4-5H2,1-3H3. The van der Waals surface area contributed by atoms with Crippen molar-refractivity contribution < 1.29 is 14.3 Å². The van der Waals surface area contributed by atoms with Gasteiger partial charge in [-0.3, -0.25) is 4.79 Å². The molecule has 0 radical (unpaired) electrons.